The Bertz CT molecular complexity index is 1120. The first kappa shape index (κ1) is 21.5. The molecule has 1 aromatic carbocycles. The topological polar surface area (TPSA) is 123 Å². The fourth-order valence-electron chi connectivity index (χ4n) is 4.38. The summed E-state index contributed by atoms with van der Waals surface area (Å²) in [6.45, 7) is 2.07. The van der Waals surface area contributed by atoms with E-state index in [1.165, 1.54) is 12.8 Å². The predicted molar refractivity (Wildman–Crippen MR) is 122 cm³/mol. The number of aryl methyl sites for hydroxylation is 1. The van der Waals surface area contributed by atoms with Crippen molar-refractivity contribution in [3.05, 3.63) is 54.0 Å². The maximum atomic E-state index is 11.3. The van der Waals surface area contributed by atoms with Gasteiger partial charge in [0.15, 0.2) is 0 Å². The van der Waals surface area contributed by atoms with Crippen LogP contribution in [0.2, 0.25) is 0 Å². The van der Waals surface area contributed by atoms with E-state index in [1.54, 1.807) is 24.3 Å². The van der Waals surface area contributed by atoms with Crippen LogP contribution in [0.3, 0.4) is 0 Å². The third kappa shape index (κ3) is 4.62. The third-order valence-corrected chi connectivity index (χ3v) is 6.13. The molecule has 1 atom stereocenters. The summed E-state index contributed by atoms with van der Waals surface area (Å²) in [6, 6.07) is 9.29. The van der Waals surface area contributed by atoms with Gasteiger partial charge in [0, 0.05) is 29.2 Å². The van der Waals surface area contributed by atoms with Gasteiger partial charge in [-0.3, -0.25) is 9.48 Å². The lowest BCUT2D eigenvalue weighted by Crippen LogP contribution is -2.17. The molecular formula is C24H27N7O. The molecular weight excluding hydrogens is 402 g/mol. The molecule has 0 spiro atoms. The van der Waals surface area contributed by atoms with E-state index in [2.05, 4.69) is 28.4 Å². The molecule has 1 aliphatic carbocycles. The number of amides is 1. The van der Waals surface area contributed by atoms with E-state index >= 15 is 0 Å². The van der Waals surface area contributed by atoms with Crippen LogP contribution in [-0.4, -0.2) is 25.7 Å². The van der Waals surface area contributed by atoms with Gasteiger partial charge in [-0.25, -0.2) is 9.97 Å². The SMILES string of the molecule is CCc1cnc(Nc2ccc(C(N)=O)cc2)nc1-c1cnn(C(CC#N)C2CCCC2)c1. The first-order valence-corrected chi connectivity index (χ1v) is 11.0. The zero-order chi connectivity index (χ0) is 22.5. The summed E-state index contributed by atoms with van der Waals surface area (Å²) >= 11 is 0. The minimum Gasteiger partial charge on any atom is -0.366 e. The van der Waals surface area contributed by atoms with E-state index in [0.29, 0.717) is 23.9 Å². The second-order valence-corrected chi connectivity index (χ2v) is 8.17. The van der Waals surface area contributed by atoms with E-state index in [9.17, 15) is 10.1 Å². The van der Waals surface area contributed by atoms with Gasteiger partial charge in [0.05, 0.1) is 30.4 Å². The molecule has 1 saturated carbocycles. The summed E-state index contributed by atoms with van der Waals surface area (Å²) in [7, 11) is 0. The number of anilines is 2. The molecule has 0 aliphatic heterocycles. The van der Waals surface area contributed by atoms with Crippen LogP contribution < -0.4 is 11.1 Å². The van der Waals surface area contributed by atoms with Gasteiger partial charge in [0.2, 0.25) is 11.9 Å². The monoisotopic (exact) mass is 429 g/mol. The number of benzene rings is 1. The molecule has 8 heteroatoms. The zero-order valence-electron chi connectivity index (χ0n) is 18.2. The Morgan fingerprint density at radius 1 is 1.28 bits per heavy atom. The first-order valence-electron chi connectivity index (χ1n) is 11.0. The average Bonchev–Trinajstić information content (AvgIpc) is 3.50. The number of hydrogen-bond acceptors (Lipinski definition) is 6. The lowest BCUT2D eigenvalue weighted by atomic mass is 9.96. The molecule has 2 aromatic heterocycles. The molecule has 8 nitrogen and oxygen atoms in total. The van der Waals surface area contributed by atoms with Crippen molar-refractivity contribution in [1.29, 1.82) is 5.26 Å². The Morgan fingerprint density at radius 2 is 2.03 bits per heavy atom. The Morgan fingerprint density at radius 3 is 2.69 bits per heavy atom. The number of rotatable bonds is 8. The number of nitrogens with one attached hydrogen (secondary N) is 1. The maximum Gasteiger partial charge on any atom is 0.248 e. The van der Waals surface area contributed by atoms with Crippen molar-refractivity contribution in [2.24, 2.45) is 11.7 Å². The lowest BCUT2D eigenvalue weighted by molar-refractivity contribution is 0.100. The van der Waals surface area contributed by atoms with Gasteiger partial charge >= 0.3 is 0 Å². The van der Waals surface area contributed by atoms with Crippen LogP contribution >= 0.6 is 0 Å². The molecule has 0 bridgehead atoms. The minimum atomic E-state index is -0.466. The van der Waals surface area contributed by atoms with Gasteiger partial charge in [-0.1, -0.05) is 19.8 Å². The summed E-state index contributed by atoms with van der Waals surface area (Å²) in [5, 5.41) is 17.1. The maximum absolute atomic E-state index is 11.3. The lowest BCUT2D eigenvalue weighted by Gasteiger charge is -2.21. The second-order valence-electron chi connectivity index (χ2n) is 8.17. The molecule has 3 N–H and O–H groups in total. The molecule has 1 unspecified atom stereocenters. The summed E-state index contributed by atoms with van der Waals surface area (Å²) in [5.74, 6) is 0.492. The Balaban J connectivity index is 1.60. The van der Waals surface area contributed by atoms with Crippen molar-refractivity contribution in [2.45, 2.75) is 51.5 Å². The van der Waals surface area contributed by atoms with Crippen molar-refractivity contribution >= 4 is 17.5 Å². The van der Waals surface area contributed by atoms with Crippen LogP contribution in [0, 0.1) is 17.2 Å². The van der Waals surface area contributed by atoms with Gasteiger partial charge in [-0.05, 0) is 55.0 Å². The van der Waals surface area contributed by atoms with Gasteiger partial charge in [0.1, 0.15) is 0 Å². The highest BCUT2D eigenvalue weighted by atomic mass is 16.1. The van der Waals surface area contributed by atoms with Crippen LogP contribution in [0.25, 0.3) is 11.3 Å². The van der Waals surface area contributed by atoms with Crippen LogP contribution in [0.4, 0.5) is 11.6 Å². The highest BCUT2D eigenvalue weighted by Crippen LogP contribution is 2.36. The van der Waals surface area contributed by atoms with Gasteiger partial charge < -0.3 is 11.1 Å². The molecule has 0 saturated heterocycles. The molecule has 2 heterocycles. The Labute approximate surface area is 187 Å². The fourth-order valence-corrected chi connectivity index (χ4v) is 4.38. The van der Waals surface area contributed by atoms with Gasteiger partial charge in [0.25, 0.3) is 0 Å². The quantitative estimate of drug-likeness (QED) is 0.547. The number of nitrogens with zero attached hydrogens (tertiary/aromatic N) is 5. The van der Waals surface area contributed by atoms with Gasteiger partial charge in [-0.2, -0.15) is 10.4 Å². The standard InChI is InChI=1S/C24H27N7O/c1-2-16-13-27-24(29-20-9-7-18(8-10-20)23(26)32)30-22(16)19-14-28-31(15-19)21(11-12-25)17-5-3-4-6-17/h7-10,13-15,17,21H,2-6,11H2,1H3,(H2,26,32)(H,27,29,30). The molecule has 164 valence electrons. The average molecular weight is 430 g/mol. The van der Waals surface area contributed by atoms with E-state index in [-0.39, 0.29) is 6.04 Å². The largest absolute Gasteiger partial charge is 0.366 e. The number of nitriles is 1. The predicted octanol–water partition coefficient (Wildman–Crippen LogP) is 4.39. The van der Waals surface area contributed by atoms with Gasteiger partial charge in [-0.15, -0.1) is 0 Å². The second kappa shape index (κ2) is 9.60. The van der Waals surface area contributed by atoms with E-state index in [1.807, 2.05) is 23.3 Å². The highest BCUT2D eigenvalue weighted by Gasteiger charge is 2.27. The van der Waals surface area contributed by atoms with Crippen molar-refractivity contribution in [2.75, 3.05) is 5.32 Å². The molecule has 32 heavy (non-hydrogen) atoms. The van der Waals surface area contributed by atoms with Crippen molar-refractivity contribution in [1.82, 2.24) is 19.7 Å². The van der Waals surface area contributed by atoms with Crippen molar-refractivity contribution < 1.29 is 4.79 Å². The van der Waals surface area contributed by atoms with Crippen molar-refractivity contribution in [3.8, 4) is 17.3 Å². The number of carbonyl (C=O) groups excluding carboxylic acids is 1. The number of hydrogen-bond donors (Lipinski definition) is 2. The zero-order valence-corrected chi connectivity index (χ0v) is 18.2. The van der Waals surface area contributed by atoms with Crippen molar-refractivity contribution in [3.63, 3.8) is 0 Å². The smallest absolute Gasteiger partial charge is 0.248 e. The Hall–Kier alpha value is -3.73. The molecule has 1 aliphatic rings. The number of aromatic nitrogens is 4. The van der Waals surface area contributed by atoms with Crippen LogP contribution in [0.15, 0.2) is 42.9 Å². The minimum absolute atomic E-state index is 0.101. The fraction of sp³-hybridized carbons (Fsp3) is 0.375. The van der Waals surface area contributed by atoms with E-state index in [4.69, 9.17) is 10.7 Å². The highest BCUT2D eigenvalue weighted by molar-refractivity contribution is 5.93. The molecule has 0 radical (unpaired) electrons. The van der Waals surface area contributed by atoms with E-state index < -0.39 is 5.91 Å². The molecule has 4 rings (SSSR count). The van der Waals surface area contributed by atoms with E-state index in [0.717, 1.165) is 41.8 Å². The van der Waals surface area contributed by atoms with Crippen LogP contribution in [-0.2, 0) is 6.42 Å². The number of carbonyl (C=O) groups is 1. The third-order valence-electron chi connectivity index (χ3n) is 6.13. The number of nitrogens with two attached hydrogens (primary N) is 1. The molecule has 3 aromatic rings. The molecule has 1 amide bonds. The van der Waals surface area contributed by atoms with Crippen LogP contribution in [0.5, 0.6) is 0 Å². The Kier molecular flexibility index (Phi) is 6.45. The van der Waals surface area contributed by atoms with Crippen LogP contribution in [0.1, 0.15) is 61.0 Å². The normalized spacial score (nSPS) is 14.8. The summed E-state index contributed by atoms with van der Waals surface area (Å²) in [4.78, 5) is 20.5. The first-order chi connectivity index (χ1) is 15.6. The summed E-state index contributed by atoms with van der Waals surface area (Å²) < 4.78 is 1.95. The number of primary amides is 1. The summed E-state index contributed by atoms with van der Waals surface area (Å²) in [5.41, 5.74) is 9.27. The summed E-state index contributed by atoms with van der Waals surface area (Å²) in [6.07, 6.45) is 11.7. The molecule has 1 fully saturated rings.